The summed E-state index contributed by atoms with van der Waals surface area (Å²) in [6.07, 6.45) is 9.95. The van der Waals surface area contributed by atoms with Gasteiger partial charge in [0.25, 0.3) is 0 Å². The molecule has 1 aliphatic carbocycles. The van der Waals surface area contributed by atoms with Crippen molar-refractivity contribution in [2.45, 2.75) is 38.1 Å². The predicted octanol–water partition coefficient (Wildman–Crippen LogP) is 2.51. The molecular weight excluding hydrogens is 414 g/mol. The molecule has 3 aromatic heterocycles. The first-order valence-electron chi connectivity index (χ1n) is 10.6. The van der Waals surface area contributed by atoms with E-state index in [-0.39, 0.29) is 11.7 Å². The maximum Gasteiger partial charge on any atom is 0.213 e. The molecule has 1 saturated heterocycles. The van der Waals surface area contributed by atoms with Crippen LogP contribution in [0.25, 0.3) is 22.3 Å². The Morgan fingerprint density at radius 2 is 2.16 bits per heavy atom. The molecule has 9 nitrogen and oxygen atoms in total. The first-order valence-corrected chi connectivity index (χ1v) is 12.2. The highest BCUT2D eigenvalue weighted by Crippen LogP contribution is 2.47. The summed E-state index contributed by atoms with van der Waals surface area (Å²) in [5.74, 6) is 0.723. The number of hydrogen-bond acceptors (Lipinski definition) is 6. The van der Waals surface area contributed by atoms with Crippen LogP contribution < -0.4 is 0 Å². The van der Waals surface area contributed by atoms with Gasteiger partial charge in [-0.1, -0.05) is 0 Å². The summed E-state index contributed by atoms with van der Waals surface area (Å²) in [4.78, 5) is 11.8. The van der Waals surface area contributed by atoms with Crippen LogP contribution in [0.5, 0.6) is 0 Å². The molecule has 162 valence electrons. The van der Waals surface area contributed by atoms with E-state index in [2.05, 4.69) is 26.1 Å². The fourth-order valence-electron chi connectivity index (χ4n) is 5.31. The third kappa shape index (κ3) is 3.32. The molecule has 1 N–H and O–H groups in total. The number of rotatable bonds is 5. The number of H-pyrrole nitrogens is 1. The van der Waals surface area contributed by atoms with Gasteiger partial charge in [0, 0.05) is 36.4 Å². The van der Waals surface area contributed by atoms with Gasteiger partial charge in [-0.05, 0) is 44.1 Å². The van der Waals surface area contributed by atoms with Crippen LogP contribution in [0.15, 0.2) is 31.0 Å². The summed E-state index contributed by atoms with van der Waals surface area (Å²) in [5.41, 5.74) is 2.03. The van der Waals surface area contributed by atoms with Gasteiger partial charge in [-0.3, -0.25) is 4.68 Å². The van der Waals surface area contributed by atoms with E-state index in [0.29, 0.717) is 25.4 Å². The summed E-state index contributed by atoms with van der Waals surface area (Å²) in [5, 5.41) is 15.2. The smallest absolute Gasteiger partial charge is 0.213 e. The van der Waals surface area contributed by atoms with Gasteiger partial charge in [0.1, 0.15) is 12.0 Å². The number of aromatic nitrogens is 5. The molecule has 10 heteroatoms. The molecule has 0 spiro atoms. The molecule has 1 aliphatic heterocycles. The highest BCUT2D eigenvalue weighted by atomic mass is 32.2. The Morgan fingerprint density at radius 3 is 2.97 bits per heavy atom. The van der Waals surface area contributed by atoms with E-state index in [1.807, 2.05) is 23.1 Å². The van der Waals surface area contributed by atoms with Gasteiger partial charge in [0.05, 0.1) is 35.7 Å². The van der Waals surface area contributed by atoms with E-state index in [0.717, 1.165) is 41.6 Å². The van der Waals surface area contributed by atoms with E-state index < -0.39 is 15.6 Å². The zero-order chi connectivity index (χ0) is 21.6. The van der Waals surface area contributed by atoms with E-state index in [1.54, 1.807) is 17.4 Å². The van der Waals surface area contributed by atoms with Gasteiger partial charge in [-0.2, -0.15) is 10.4 Å². The van der Waals surface area contributed by atoms with E-state index in [4.69, 9.17) is 0 Å². The van der Waals surface area contributed by atoms with Gasteiger partial charge in [-0.15, -0.1) is 0 Å². The van der Waals surface area contributed by atoms with Crippen molar-refractivity contribution in [1.29, 1.82) is 5.26 Å². The highest BCUT2D eigenvalue weighted by molar-refractivity contribution is 7.89. The molecule has 0 radical (unpaired) electrons. The van der Waals surface area contributed by atoms with E-state index >= 15 is 0 Å². The van der Waals surface area contributed by atoms with Crippen LogP contribution in [0.3, 0.4) is 0 Å². The normalized spacial score (nSPS) is 26.7. The van der Waals surface area contributed by atoms with Crippen molar-refractivity contribution in [2.75, 3.05) is 18.8 Å². The number of sulfonamides is 1. The van der Waals surface area contributed by atoms with Gasteiger partial charge < -0.3 is 4.98 Å². The summed E-state index contributed by atoms with van der Waals surface area (Å²) >= 11 is 0. The predicted molar refractivity (Wildman–Crippen MR) is 115 cm³/mol. The molecule has 3 atom stereocenters. The first kappa shape index (κ1) is 20.2. The Kier molecular flexibility index (Phi) is 4.83. The van der Waals surface area contributed by atoms with Crippen LogP contribution in [0, 0.1) is 23.2 Å². The largest absolute Gasteiger partial charge is 0.346 e. The van der Waals surface area contributed by atoms with E-state index in [1.165, 1.54) is 6.33 Å². The quantitative estimate of drug-likeness (QED) is 0.652. The number of nitrogens with zero attached hydrogens (tertiary/aromatic N) is 6. The third-order valence-corrected chi connectivity index (χ3v) is 8.84. The number of nitrogens with one attached hydrogen (secondary N) is 1. The second kappa shape index (κ2) is 7.43. The molecule has 3 aromatic rings. The van der Waals surface area contributed by atoms with Gasteiger partial charge in [0.15, 0.2) is 0 Å². The average Bonchev–Trinajstić information content (AvgIpc) is 3.52. The van der Waals surface area contributed by atoms with Crippen LogP contribution >= 0.6 is 0 Å². The first-order chi connectivity index (χ1) is 15.0. The molecule has 4 heterocycles. The van der Waals surface area contributed by atoms with Crippen LogP contribution in [-0.4, -0.2) is 56.3 Å². The average molecular weight is 440 g/mol. The molecule has 5 rings (SSSR count). The van der Waals surface area contributed by atoms with Gasteiger partial charge in [0.2, 0.25) is 10.0 Å². The minimum atomic E-state index is -3.19. The Bertz CT molecular complexity index is 1260. The van der Waals surface area contributed by atoms with Crippen molar-refractivity contribution in [2.24, 2.45) is 11.8 Å². The number of aromatic amines is 1. The Balaban J connectivity index is 1.46. The van der Waals surface area contributed by atoms with Crippen LogP contribution in [0.2, 0.25) is 0 Å². The molecule has 31 heavy (non-hydrogen) atoms. The fourth-order valence-corrected chi connectivity index (χ4v) is 6.51. The lowest BCUT2D eigenvalue weighted by atomic mass is 9.70. The molecule has 0 amide bonds. The van der Waals surface area contributed by atoms with Crippen LogP contribution in [0.4, 0.5) is 0 Å². The minimum Gasteiger partial charge on any atom is -0.346 e. The monoisotopic (exact) mass is 439 g/mol. The number of hydrogen-bond donors (Lipinski definition) is 1. The maximum atomic E-state index is 12.4. The molecule has 0 aromatic carbocycles. The van der Waals surface area contributed by atoms with Gasteiger partial charge >= 0.3 is 0 Å². The lowest BCUT2D eigenvalue weighted by Gasteiger charge is -2.41. The summed E-state index contributed by atoms with van der Waals surface area (Å²) < 4.78 is 28.3. The Hall–Kier alpha value is -2.77. The number of nitriles is 1. The van der Waals surface area contributed by atoms with Crippen molar-refractivity contribution in [3.63, 3.8) is 0 Å². The van der Waals surface area contributed by atoms with Gasteiger partial charge in [-0.25, -0.2) is 22.7 Å². The lowest BCUT2D eigenvalue weighted by molar-refractivity contribution is 0.111. The third-order valence-electron chi connectivity index (χ3n) is 7.03. The second-order valence-electron chi connectivity index (χ2n) is 8.68. The van der Waals surface area contributed by atoms with Crippen LogP contribution in [0.1, 0.15) is 32.6 Å². The zero-order valence-corrected chi connectivity index (χ0v) is 18.2. The van der Waals surface area contributed by atoms with Crippen molar-refractivity contribution in [1.82, 2.24) is 29.0 Å². The molecule has 0 unspecified atom stereocenters. The molecule has 2 aliphatic rings. The maximum absolute atomic E-state index is 12.4. The van der Waals surface area contributed by atoms with Crippen LogP contribution in [-0.2, 0) is 15.6 Å². The summed E-state index contributed by atoms with van der Waals surface area (Å²) in [6.45, 7) is 2.83. The molecule has 1 saturated carbocycles. The molecule has 0 bridgehead atoms. The highest BCUT2D eigenvalue weighted by Gasteiger charge is 2.48. The molecular formula is C21H25N7O2S. The lowest BCUT2D eigenvalue weighted by Crippen LogP contribution is -2.42. The SMILES string of the molecule is CCS(=O)(=O)N1C[C@H]2CC[C@@](CC#N)(n3cc(-c4ncnc5[nH]ccc45)cn3)C[C@H]2C1. The van der Waals surface area contributed by atoms with Crippen molar-refractivity contribution in [3.8, 4) is 17.3 Å². The van der Waals surface area contributed by atoms with Crippen molar-refractivity contribution >= 4 is 21.1 Å². The van der Waals surface area contributed by atoms with Crippen molar-refractivity contribution < 1.29 is 8.42 Å². The Morgan fingerprint density at radius 1 is 1.32 bits per heavy atom. The summed E-state index contributed by atoms with van der Waals surface area (Å²) in [6, 6.07) is 4.30. The standard InChI is InChI=1S/C21H25N7O2S/c1-2-31(29,30)27-11-15-3-5-21(6-7-22,9-16(15)12-27)28-13-17(10-26-28)19-18-4-8-23-20(18)25-14-24-19/h4,8,10,13-16H,2-3,5-6,9,11-12H2,1H3,(H,23,24,25)/t15-,16+,21+/m1/s1. The van der Waals surface area contributed by atoms with E-state index in [9.17, 15) is 13.7 Å². The fraction of sp³-hybridized carbons (Fsp3) is 0.524. The zero-order valence-electron chi connectivity index (χ0n) is 17.4. The minimum absolute atomic E-state index is 0.130. The van der Waals surface area contributed by atoms with Crippen molar-refractivity contribution in [3.05, 3.63) is 31.0 Å². The second-order valence-corrected chi connectivity index (χ2v) is 10.9. The number of fused-ring (bicyclic) bond motifs is 2. The Labute approximate surface area is 181 Å². The molecule has 2 fully saturated rings. The summed E-state index contributed by atoms with van der Waals surface area (Å²) in [7, 11) is -3.19. The topological polar surface area (TPSA) is 121 Å².